The first-order valence-corrected chi connectivity index (χ1v) is 11.1. The molecule has 4 aromatic heterocycles. The maximum atomic E-state index is 5.40. The van der Waals surface area contributed by atoms with Crippen LogP contribution in [-0.4, -0.2) is 40.6 Å². The van der Waals surface area contributed by atoms with Crippen molar-refractivity contribution in [1.29, 1.82) is 0 Å². The van der Waals surface area contributed by atoms with Crippen molar-refractivity contribution in [2.24, 2.45) is 0 Å². The van der Waals surface area contributed by atoms with Gasteiger partial charge >= 0.3 is 0 Å². The molecule has 158 valence electrons. The average Bonchev–Trinajstić information content (AvgIpc) is 3.51. The van der Waals surface area contributed by atoms with Crippen molar-refractivity contribution in [1.82, 2.24) is 34.9 Å². The molecule has 0 aliphatic rings. The zero-order valence-electron chi connectivity index (χ0n) is 17.1. The summed E-state index contributed by atoms with van der Waals surface area (Å²) in [5, 5.41) is 13.8. The molecular formula is C23H19N7OS. The van der Waals surface area contributed by atoms with Crippen LogP contribution in [0.5, 0.6) is 0 Å². The topological polar surface area (TPSA) is 95.4 Å². The van der Waals surface area contributed by atoms with Crippen LogP contribution in [0, 0.1) is 0 Å². The first-order valence-electron chi connectivity index (χ1n) is 10.2. The van der Waals surface area contributed by atoms with Crippen molar-refractivity contribution in [2.45, 2.75) is 18.0 Å². The van der Waals surface area contributed by atoms with Gasteiger partial charge in [-0.2, -0.15) is 4.98 Å². The molecule has 9 heteroatoms. The van der Waals surface area contributed by atoms with Crippen LogP contribution in [0.25, 0.3) is 28.5 Å². The molecule has 0 amide bonds. The highest BCUT2D eigenvalue weighted by Crippen LogP contribution is 2.28. The van der Waals surface area contributed by atoms with Gasteiger partial charge in [-0.3, -0.25) is 14.5 Å². The lowest BCUT2D eigenvalue weighted by Crippen LogP contribution is -2.00. The van der Waals surface area contributed by atoms with Crippen molar-refractivity contribution in [3.05, 3.63) is 85.3 Å². The van der Waals surface area contributed by atoms with Crippen LogP contribution >= 0.6 is 11.8 Å². The van der Waals surface area contributed by atoms with E-state index in [-0.39, 0.29) is 0 Å². The number of aromatic nitrogens is 7. The number of benzene rings is 1. The van der Waals surface area contributed by atoms with Gasteiger partial charge in [0.25, 0.3) is 0 Å². The molecule has 5 rings (SSSR count). The van der Waals surface area contributed by atoms with E-state index in [1.54, 1.807) is 36.5 Å². The van der Waals surface area contributed by atoms with Gasteiger partial charge in [0, 0.05) is 53.8 Å². The third kappa shape index (κ3) is 4.42. The van der Waals surface area contributed by atoms with Crippen molar-refractivity contribution < 1.29 is 4.52 Å². The van der Waals surface area contributed by atoms with Crippen molar-refractivity contribution >= 4 is 11.8 Å². The number of pyridine rings is 2. The SMILES string of the molecule is c1ccc(-n2c(SCCCc3nc(-c4ccncc4)no3)nnc2-c2ccncc2)cc1. The highest BCUT2D eigenvalue weighted by Gasteiger charge is 2.16. The van der Waals surface area contributed by atoms with E-state index in [9.17, 15) is 0 Å². The molecule has 4 heterocycles. The predicted molar refractivity (Wildman–Crippen MR) is 121 cm³/mol. The minimum absolute atomic E-state index is 0.584. The van der Waals surface area contributed by atoms with Crippen LogP contribution < -0.4 is 0 Å². The molecule has 5 aromatic rings. The molecule has 0 aliphatic heterocycles. The van der Waals surface area contributed by atoms with E-state index in [1.165, 1.54) is 0 Å². The lowest BCUT2D eigenvalue weighted by Gasteiger charge is -2.10. The smallest absolute Gasteiger partial charge is 0.226 e. The van der Waals surface area contributed by atoms with E-state index in [1.807, 2.05) is 42.5 Å². The average molecular weight is 442 g/mol. The van der Waals surface area contributed by atoms with Crippen LogP contribution in [0.2, 0.25) is 0 Å². The quantitative estimate of drug-likeness (QED) is 0.257. The van der Waals surface area contributed by atoms with Crippen LogP contribution in [0.3, 0.4) is 0 Å². The van der Waals surface area contributed by atoms with E-state index in [0.717, 1.165) is 40.0 Å². The maximum Gasteiger partial charge on any atom is 0.226 e. The Kier molecular flexibility index (Phi) is 5.98. The molecule has 0 aliphatic carbocycles. The minimum atomic E-state index is 0.584. The molecule has 32 heavy (non-hydrogen) atoms. The first kappa shape index (κ1) is 20.1. The molecule has 0 fully saturated rings. The number of hydrogen-bond acceptors (Lipinski definition) is 8. The lowest BCUT2D eigenvalue weighted by atomic mass is 10.2. The summed E-state index contributed by atoms with van der Waals surface area (Å²) in [5.41, 5.74) is 2.88. The first-order chi connectivity index (χ1) is 15.9. The van der Waals surface area contributed by atoms with Crippen LogP contribution in [0.4, 0.5) is 0 Å². The van der Waals surface area contributed by atoms with Gasteiger partial charge in [0.1, 0.15) is 0 Å². The Balaban J connectivity index is 1.28. The fraction of sp³-hybridized carbons (Fsp3) is 0.130. The van der Waals surface area contributed by atoms with E-state index in [4.69, 9.17) is 4.52 Å². The Morgan fingerprint density at radius 3 is 2.28 bits per heavy atom. The Morgan fingerprint density at radius 1 is 0.812 bits per heavy atom. The van der Waals surface area contributed by atoms with E-state index < -0.39 is 0 Å². The molecule has 1 aromatic carbocycles. The lowest BCUT2D eigenvalue weighted by molar-refractivity contribution is 0.378. The monoisotopic (exact) mass is 441 g/mol. The summed E-state index contributed by atoms with van der Waals surface area (Å²) < 4.78 is 7.47. The molecular weight excluding hydrogens is 422 g/mol. The third-order valence-electron chi connectivity index (χ3n) is 4.76. The standard InChI is InChI=1S/C23H19N7OS/c1-2-5-19(6-3-1)30-22(18-10-14-25-15-11-18)27-28-23(30)32-16-4-7-20-26-21(29-31-20)17-8-12-24-13-9-17/h1-3,5-6,8-15H,4,7,16H2. The molecule has 0 saturated heterocycles. The van der Waals surface area contributed by atoms with Crippen LogP contribution in [0.15, 0.2) is 89.1 Å². The zero-order valence-corrected chi connectivity index (χ0v) is 17.9. The Labute approximate surface area is 188 Å². The second kappa shape index (κ2) is 9.52. The molecule has 0 bridgehead atoms. The number of thioether (sulfide) groups is 1. The molecule has 0 radical (unpaired) electrons. The summed E-state index contributed by atoms with van der Waals surface area (Å²) in [6.07, 6.45) is 8.51. The predicted octanol–water partition coefficient (Wildman–Crippen LogP) is 4.50. The zero-order chi connectivity index (χ0) is 21.6. The highest BCUT2D eigenvalue weighted by molar-refractivity contribution is 7.99. The molecule has 0 unspecified atom stereocenters. The van der Waals surface area contributed by atoms with Gasteiger partial charge in [-0.05, 0) is 42.8 Å². The Bertz CT molecular complexity index is 1270. The van der Waals surface area contributed by atoms with Gasteiger partial charge in [-0.15, -0.1) is 10.2 Å². The second-order valence-electron chi connectivity index (χ2n) is 6.91. The van der Waals surface area contributed by atoms with Crippen LogP contribution in [-0.2, 0) is 6.42 Å². The van der Waals surface area contributed by atoms with Gasteiger partial charge in [0.05, 0.1) is 0 Å². The van der Waals surface area contributed by atoms with Crippen molar-refractivity contribution in [3.63, 3.8) is 0 Å². The number of aryl methyl sites for hydroxylation is 1. The number of hydrogen-bond donors (Lipinski definition) is 0. The Morgan fingerprint density at radius 2 is 1.53 bits per heavy atom. The summed E-state index contributed by atoms with van der Waals surface area (Å²) in [4.78, 5) is 12.6. The molecule has 0 atom stereocenters. The summed E-state index contributed by atoms with van der Waals surface area (Å²) in [5.74, 6) is 2.84. The summed E-state index contributed by atoms with van der Waals surface area (Å²) in [7, 11) is 0. The van der Waals surface area contributed by atoms with Gasteiger partial charge in [-0.1, -0.05) is 35.1 Å². The van der Waals surface area contributed by atoms with Crippen LogP contribution in [0.1, 0.15) is 12.3 Å². The molecule has 0 saturated carbocycles. The summed E-state index contributed by atoms with van der Waals surface area (Å²) >= 11 is 1.66. The van der Waals surface area contributed by atoms with Gasteiger partial charge in [0.2, 0.25) is 11.7 Å². The largest absolute Gasteiger partial charge is 0.339 e. The summed E-state index contributed by atoms with van der Waals surface area (Å²) in [6.45, 7) is 0. The number of para-hydroxylation sites is 1. The van der Waals surface area contributed by atoms with Crippen molar-refractivity contribution in [2.75, 3.05) is 5.75 Å². The second-order valence-corrected chi connectivity index (χ2v) is 7.97. The van der Waals surface area contributed by atoms with Gasteiger partial charge in [-0.25, -0.2) is 0 Å². The minimum Gasteiger partial charge on any atom is -0.339 e. The van der Waals surface area contributed by atoms with E-state index in [0.29, 0.717) is 18.1 Å². The molecule has 0 spiro atoms. The van der Waals surface area contributed by atoms with E-state index in [2.05, 4.69) is 47.0 Å². The third-order valence-corrected chi connectivity index (χ3v) is 5.77. The van der Waals surface area contributed by atoms with E-state index >= 15 is 0 Å². The molecule has 8 nitrogen and oxygen atoms in total. The number of rotatable bonds is 8. The van der Waals surface area contributed by atoms with Gasteiger partial charge in [0.15, 0.2) is 11.0 Å². The maximum absolute atomic E-state index is 5.40. The summed E-state index contributed by atoms with van der Waals surface area (Å²) in [6, 6.07) is 17.7. The van der Waals surface area contributed by atoms with Crippen molar-refractivity contribution in [3.8, 4) is 28.5 Å². The highest BCUT2D eigenvalue weighted by atomic mass is 32.2. The molecule has 0 N–H and O–H groups in total. The van der Waals surface area contributed by atoms with Gasteiger partial charge < -0.3 is 4.52 Å². The normalized spacial score (nSPS) is 11.0. The number of nitrogens with zero attached hydrogens (tertiary/aromatic N) is 7. The Hall–Kier alpha value is -3.85. The fourth-order valence-corrected chi connectivity index (χ4v) is 4.11. The fourth-order valence-electron chi connectivity index (χ4n) is 3.22.